The standard InChI is InChI=1S/C10H10ClFO4S/c1-6-8(10(13)14)4-7(11)5-9(6)17(15,16)3-2-12/h4-5H,2-3H2,1H3,(H,13,14). The maximum Gasteiger partial charge on any atom is 0.336 e. The third kappa shape index (κ3) is 2.95. The van der Waals surface area contributed by atoms with Gasteiger partial charge in [-0.1, -0.05) is 11.6 Å². The van der Waals surface area contributed by atoms with Gasteiger partial charge in [-0.05, 0) is 24.6 Å². The van der Waals surface area contributed by atoms with Crippen molar-refractivity contribution >= 4 is 27.4 Å². The molecule has 0 saturated carbocycles. The molecule has 0 radical (unpaired) electrons. The summed E-state index contributed by atoms with van der Waals surface area (Å²) in [6, 6.07) is 2.29. The lowest BCUT2D eigenvalue weighted by atomic mass is 10.1. The van der Waals surface area contributed by atoms with Crippen LogP contribution in [0.15, 0.2) is 17.0 Å². The van der Waals surface area contributed by atoms with Gasteiger partial charge < -0.3 is 5.11 Å². The lowest BCUT2D eigenvalue weighted by Crippen LogP contribution is -2.12. The Kier molecular flexibility index (Phi) is 4.11. The van der Waals surface area contributed by atoms with Gasteiger partial charge >= 0.3 is 5.97 Å². The summed E-state index contributed by atoms with van der Waals surface area (Å²) in [7, 11) is -3.84. The van der Waals surface area contributed by atoms with Crippen molar-refractivity contribution in [2.24, 2.45) is 0 Å². The largest absolute Gasteiger partial charge is 0.478 e. The minimum absolute atomic E-state index is 0.00886. The van der Waals surface area contributed by atoms with E-state index < -0.39 is 28.2 Å². The quantitative estimate of drug-likeness (QED) is 0.917. The Morgan fingerprint density at radius 3 is 2.53 bits per heavy atom. The molecule has 0 bridgehead atoms. The van der Waals surface area contributed by atoms with Gasteiger partial charge in [0.25, 0.3) is 0 Å². The summed E-state index contributed by atoms with van der Waals surface area (Å²) in [4.78, 5) is 10.6. The molecule has 0 aliphatic carbocycles. The van der Waals surface area contributed by atoms with Crippen LogP contribution in [0, 0.1) is 6.92 Å². The van der Waals surface area contributed by atoms with E-state index in [-0.39, 0.29) is 21.0 Å². The number of benzene rings is 1. The molecular weight excluding hydrogens is 271 g/mol. The van der Waals surface area contributed by atoms with Crippen molar-refractivity contribution in [1.82, 2.24) is 0 Å². The molecule has 0 aliphatic rings. The maximum atomic E-state index is 12.1. The monoisotopic (exact) mass is 280 g/mol. The van der Waals surface area contributed by atoms with Crippen molar-refractivity contribution in [3.05, 3.63) is 28.3 Å². The van der Waals surface area contributed by atoms with Crippen molar-refractivity contribution < 1.29 is 22.7 Å². The molecule has 4 nitrogen and oxygen atoms in total. The van der Waals surface area contributed by atoms with Crippen molar-refractivity contribution in [2.45, 2.75) is 11.8 Å². The number of carboxylic acids is 1. The van der Waals surface area contributed by atoms with Crippen LogP contribution in [-0.2, 0) is 9.84 Å². The van der Waals surface area contributed by atoms with E-state index >= 15 is 0 Å². The van der Waals surface area contributed by atoms with Crippen LogP contribution in [0.25, 0.3) is 0 Å². The van der Waals surface area contributed by atoms with E-state index in [9.17, 15) is 17.6 Å². The molecule has 1 rings (SSSR count). The lowest BCUT2D eigenvalue weighted by Gasteiger charge is -2.09. The number of carboxylic acid groups (broad SMARTS) is 1. The summed E-state index contributed by atoms with van der Waals surface area (Å²) >= 11 is 5.65. The minimum atomic E-state index is -3.84. The fourth-order valence-electron chi connectivity index (χ4n) is 1.41. The normalized spacial score (nSPS) is 11.5. The second-order valence-electron chi connectivity index (χ2n) is 3.39. The van der Waals surface area contributed by atoms with Crippen LogP contribution in [0.2, 0.25) is 5.02 Å². The molecule has 1 aromatic rings. The molecule has 0 aliphatic heterocycles. The van der Waals surface area contributed by atoms with Crippen LogP contribution in [-0.4, -0.2) is 31.9 Å². The van der Waals surface area contributed by atoms with Crippen LogP contribution < -0.4 is 0 Å². The number of alkyl halides is 1. The van der Waals surface area contributed by atoms with Gasteiger partial charge in [-0.3, -0.25) is 0 Å². The lowest BCUT2D eigenvalue weighted by molar-refractivity contribution is 0.0696. The van der Waals surface area contributed by atoms with Crippen LogP contribution >= 0.6 is 11.6 Å². The summed E-state index contributed by atoms with van der Waals surface area (Å²) in [5.74, 6) is -1.96. The predicted octanol–water partition coefficient (Wildman–Crippen LogP) is 2.09. The van der Waals surface area contributed by atoms with Gasteiger partial charge in [0.05, 0.1) is 16.2 Å². The Morgan fingerprint density at radius 1 is 1.47 bits per heavy atom. The fraction of sp³-hybridized carbons (Fsp3) is 0.300. The molecule has 0 unspecified atom stereocenters. The molecule has 0 aromatic heterocycles. The average Bonchev–Trinajstić information content (AvgIpc) is 2.20. The van der Waals surface area contributed by atoms with Gasteiger partial charge in [0.15, 0.2) is 9.84 Å². The number of sulfone groups is 1. The van der Waals surface area contributed by atoms with Gasteiger partial charge in [-0.25, -0.2) is 17.6 Å². The van der Waals surface area contributed by atoms with Crippen molar-refractivity contribution in [3.8, 4) is 0 Å². The molecule has 7 heteroatoms. The first-order valence-corrected chi connectivity index (χ1v) is 6.65. The van der Waals surface area contributed by atoms with Gasteiger partial charge in [0, 0.05) is 5.02 Å². The van der Waals surface area contributed by atoms with Crippen LogP contribution in [0.4, 0.5) is 4.39 Å². The van der Waals surface area contributed by atoms with Gasteiger partial charge in [0.2, 0.25) is 0 Å². The van der Waals surface area contributed by atoms with E-state index in [1.54, 1.807) is 0 Å². The van der Waals surface area contributed by atoms with E-state index in [2.05, 4.69) is 0 Å². The Labute approximate surface area is 103 Å². The highest BCUT2D eigenvalue weighted by atomic mass is 35.5. The summed E-state index contributed by atoms with van der Waals surface area (Å²) in [6.45, 7) is 0.321. The highest BCUT2D eigenvalue weighted by Crippen LogP contribution is 2.25. The van der Waals surface area contributed by atoms with Crippen LogP contribution in [0.5, 0.6) is 0 Å². The second kappa shape index (κ2) is 5.01. The Morgan fingerprint density at radius 2 is 2.06 bits per heavy atom. The number of halogens is 2. The zero-order chi connectivity index (χ0) is 13.2. The van der Waals surface area contributed by atoms with E-state index in [0.29, 0.717) is 0 Å². The maximum absolute atomic E-state index is 12.1. The first-order chi connectivity index (χ1) is 7.79. The number of carbonyl (C=O) groups is 1. The average molecular weight is 281 g/mol. The topological polar surface area (TPSA) is 71.4 Å². The Bertz CT molecular complexity index is 554. The molecule has 0 heterocycles. The zero-order valence-corrected chi connectivity index (χ0v) is 10.5. The van der Waals surface area contributed by atoms with E-state index in [1.165, 1.54) is 6.92 Å². The first-order valence-electron chi connectivity index (χ1n) is 4.61. The minimum Gasteiger partial charge on any atom is -0.478 e. The third-order valence-corrected chi connectivity index (χ3v) is 4.24. The second-order valence-corrected chi connectivity index (χ2v) is 5.90. The smallest absolute Gasteiger partial charge is 0.336 e. The summed E-state index contributed by atoms with van der Waals surface area (Å²) in [6.07, 6.45) is 0. The molecule has 1 N–H and O–H groups in total. The molecule has 0 spiro atoms. The number of hydrogen-bond acceptors (Lipinski definition) is 3. The molecular formula is C10H10ClFO4S. The van der Waals surface area contributed by atoms with E-state index in [1.807, 2.05) is 0 Å². The van der Waals surface area contributed by atoms with Gasteiger partial charge in [-0.15, -0.1) is 0 Å². The van der Waals surface area contributed by atoms with E-state index in [4.69, 9.17) is 16.7 Å². The SMILES string of the molecule is Cc1c(C(=O)O)cc(Cl)cc1S(=O)(=O)CCF. The molecule has 0 fully saturated rings. The molecule has 0 atom stereocenters. The molecule has 1 aromatic carbocycles. The van der Waals surface area contributed by atoms with Gasteiger partial charge in [-0.2, -0.15) is 0 Å². The Balaban J connectivity index is 3.50. The first kappa shape index (κ1) is 13.9. The van der Waals surface area contributed by atoms with Crippen molar-refractivity contribution in [1.29, 1.82) is 0 Å². The zero-order valence-electron chi connectivity index (χ0n) is 8.91. The number of hydrogen-bond donors (Lipinski definition) is 1. The third-order valence-electron chi connectivity index (χ3n) is 2.24. The van der Waals surface area contributed by atoms with Crippen LogP contribution in [0.1, 0.15) is 15.9 Å². The fourth-order valence-corrected chi connectivity index (χ4v) is 3.00. The molecule has 17 heavy (non-hydrogen) atoms. The predicted molar refractivity (Wildman–Crippen MR) is 61.2 cm³/mol. The molecule has 0 amide bonds. The highest BCUT2D eigenvalue weighted by molar-refractivity contribution is 7.91. The summed E-state index contributed by atoms with van der Waals surface area (Å²) in [5, 5.41) is 8.87. The highest BCUT2D eigenvalue weighted by Gasteiger charge is 2.21. The number of aromatic carboxylic acids is 1. The molecule has 0 saturated heterocycles. The van der Waals surface area contributed by atoms with Crippen molar-refractivity contribution in [3.63, 3.8) is 0 Å². The Hall–Kier alpha value is -1.14. The van der Waals surface area contributed by atoms with Crippen LogP contribution in [0.3, 0.4) is 0 Å². The van der Waals surface area contributed by atoms with Gasteiger partial charge in [0.1, 0.15) is 6.67 Å². The summed E-state index contributed by atoms with van der Waals surface area (Å²) in [5.41, 5.74) is -0.134. The van der Waals surface area contributed by atoms with E-state index in [0.717, 1.165) is 12.1 Å². The number of rotatable bonds is 4. The summed E-state index contributed by atoms with van der Waals surface area (Å²) < 4.78 is 35.5. The van der Waals surface area contributed by atoms with Crippen molar-refractivity contribution in [2.75, 3.05) is 12.4 Å². The molecule has 94 valence electrons.